The van der Waals surface area contributed by atoms with Crippen molar-refractivity contribution in [2.75, 3.05) is 39.2 Å². The highest BCUT2D eigenvalue weighted by atomic mass is 15.2. The predicted molar refractivity (Wildman–Crippen MR) is 601 cm³/mol. The van der Waals surface area contributed by atoms with E-state index in [1.165, 1.54) is 203 Å². The molecule has 139 heavy (non-hydrogen) atoms. The van der Waals surface area contributed by atoms with Gasteiger partial charge in [0.15, 0.2) is 0 Å². The molecule has 0 aliphatic heterocycles. The lowest BCUT2D eigenvalue weighted by atomic mass is 9.97. The standard InChI is InChI=1S/C131H136N8/c1-27-28-29-107-80-105(25)131(106(26)81-107)139(130-103(23)78-90(10)79-104(130)24)123-64-58-120(59-65-123)136(125-93(13)68-85(5)69-94(125)14)118-54-48-115(49-55-118)133(109-36-32-83(3)33-37-109)111-40-44-113(45-41-111)134(116-50-60-121(61-51-116)137(126-95(15)70-86(6)71-96(126)16)127-97(17)72-87(7)73-98(127)18)112-42-38-110(39-43-112)132(108-34-30-82(2)31-35-108)114-46-52-117(53-47-114)135(124-91(11)66-84(4)67-92(124)12)119-56-62-122(63-57-119)138(128-99(19)74-88(8)75-100(128)20)129-101(21)76-89(9)77-102(129)22/h30-81H,27-29H2,1-26H3. The predicted octanol–water partition coefficient (Wildman–Crippen LogP) is 38.5. The van der Waals surface area contributed by atoms with Gasteiger partial charge >= 0.3 is 0 Å². The van der Waals surface area contributed by atoms with Crippen LogP contribution in [-0.2, 0) is 6.42 Å². The van der Waals surface area contributed by atoms with E-state index in [0.717, 1.165) is 97.4 Å². The third kappa shape index (κ3) is 19.7. The maximum absolute atomic E-state index is 2.52. The number of hydrogen-bond donors (Lipinski definition) is 0. The average Bonchev–Trinajstić information content (AvgIpc) is 0.751. The lowest BCUT2D eigenvalue weighted by Gasteiger charge is -2.33. The Morgan fingerprint density at radius 1 is 0.129 bits per heavy atom. The minimum atomic E-state index is 1.01. The number of aryl methyl sites for hydroxylation is 26. The Labute approximate surface area is 829 Å². The molecule has 0 saturated carbocycles. The van der Waals surface area contributed by atoms with Crippen LogP contribution < -0.4 is 39.2 Å². The summed E-state index contributed by atoms with van der Waals surface area (Å²) in [6, 6.07) is 120. The van der Waals surface area contributed by atoms with Crippen LogP contribution in [-0.4, -0.2) is 0 Å². The van der Waals surface area contributed by atoms with Crippen molar-refractivity contribution in [3.8, 4) is 0 Å². The molecule has 0 amide bonds. The van der Waals surface area contributed by atoms with E-state index < -0.39 is 0 Å². The number of anilines is 24. The highest BCUT2D eigenvalue weighted by Crippen LogP contribution is 2.53. The number of rotatable bonds is 27. The molecule has 0 heterocycles. The van der Waals surface area contributed by atoms with Crippen LogP contribution in [0, 0.1) is 173 Å². The lowest BCUT2D eigenvalue weighted by molar-refractivity contribution is 0.794. The second-order valence-corrected chi connectivity index (χ2v) is 39.9. The molecule has 0 saturated heterocycles. The molecule has 17 rings (SSSR count). The summed E-state index contributed by atoms with van der Waals surface area (Å²) in [5.74, 6) is 0. The number of unbranched alkanes of at least 4 members (excludes halogenated alkanes) is 1. The summed E-state index contributed by atoms with van der Waals surface area (Å²) < 4.78 is 0. The van der Waals surface area contributed by atoms with E-state index in [2.05, 4.69) is 535 Å². The third-order valence-electron chi connectivity index (χ3n) is 27.8. The van der Waals surface area contributed by atoms with Gasteiger partial charge in [-0.15, -0.1) is 0 Å². The fraction of sp³-hybridized carbons (Fsp3) is 0.221. The first-order valence-electron chi connectivity index (χ1n) is 49.6. The van der Waals surface area contributed by atoms with Crippen molar-refractivity contribution in [1.29, 1.82) is 0 Å². The molecule has 17 aromatic rings. The monoisotopic (exact) mass is 1820 g/mol. The van der Waals surface area contributed by atoms with Gasteiger partial charge in [0.05, 0.1) is 45.5 Å². The van der Waals surface area contributed by atoms with E-state index in [9.17, 15) is 0 Å². The number of hydrogen-bond acceptors (Lipinski definition) is 8. The van der Waals surface area contributed by atoms with Crippen LogP contribution in [0.15, 0.2) is 315 Å². The maximum atomic E-state index is 2.52. The molecule has 0 aliphatic rings. The van der Waals surface area contributed by atoms with Crippen LogP contribution in [0.2, 0.25) is 0 Å². The summed E-state index contributed by atoms with van der Waals surface area (Å²) in [4.78, 5) is 19.6. The van der Waals surface area contributed by atoms with Crippen LogP contribution in [0.4, 0.5) is 136 Å². The summed E-state index contributed by atoms with van der Waals surface area (Å²) in [6.07, 6.45) is 3.42. The Morgan fingerprint density at radius 2 is 0.245 bits per heavy atom. The zero-order valence-corrected chi connectivity index (χ0v) is 86.7. The third-order valence-corrected chi connectivity index (χ3v) is 27.8. The van der Waals surface area contributed by atoms with Crippen molar-refractivity contribution in [3.05, 3.63) is 460 Å². The summed E-state index contributed by atoms with van der Waals surface area (Å²) in [5.41, 5.74) is 58.8. The van der Waals surface area contributed by atoms with Gasteiger partial charge in [0.1, 0.15) is 0 Å². The Balaban J connectivity index is 0.760. The highest BCUT2D eigenvalue weighted by Gasteiger charge is 2.30. The van der Waals surface area contributed by atoms with Crippen molar-refractivity contribution in [3.63, 3.8) is 0 Å². The summed E-state index contributed by atoms with van der Waals surface area (Å²) in [7, 11) is 0. The van der Waals surface area contributed by atoms with E-state index in [1.807, 2.05) is 0 Å². The van der Waals surface area contributed by atoms with E-state index in [-0.39, 0.29) is 0 Å². The summed E-state index contributed by atoms with van der Waals surface area (Å²) in [6.45, 7) is 58.2. The van der Waals surface area contributed by atoms with Gasteiger partial charge in [0.2, 0.25) is 0 Å². The molecule has 0 aliphatic carbocycles. The van der Waals surface area contributed by atoms with Gasteiger partial charge in [-0.1, -0.05) is 185 Å². The van der Waals surface area contributed by atoms with Gasteiger partial charge in [-0.25, -0.2) is 0 Å². The zero-order chi connectivity index (χ0) is 98.4. The first-order valence-corrected chi connectivity index (χ1v) is 49.6. The molecule has 0 fully saturated rings. The Morgan fingerprint density at radius 3 is 0.388 bits per heavy atom. The fourth-order valence-corrected chi connectivity index (χ4v) is 22.5. The van der Waals surface area contributed by atoms with Crippen LogP contribution in [0.3, 0.4) is 0 Å². The van der Waals surface area contributed by atoms with Gasteiger partial charge in [0, 0.05) is 91.0 Å². The molecule has 17 aromatic carbocycles. The molecule has 0 atom stereocenters. The van der Waals surface area contributed by atoms with Crippen molar-refractivity contribution in [2.45, 2.75) is 199 Å². The summed E-state index contributed by atoms with van der Waals surface area (Å²) in [5, 5.41) is 0. The topological polar surface area (TPSA) is 25.9 Å². The smallest absolute Gasteiger partial charge is 0.0520 e. The highest BCUT2D eigenvalue weighted by molar-refractivity contribution is 5.93. The Kier molecular flexibility index (Phi) is 27.6. The minimum absolute atomic E-state index is 1.01. The van der Waals surface area contributed by atoms with Crippen LogP contribution in [0.5, 0.6) is 0 Å². The number of nitrogens with zero attached hydrogens (tertiary/aromatic N) is 8. The van der Waals surface area contributed by atoms with Gasteiger partial charge in [-0.3, -0.25) is 0 Å². The minimum Gasteiger partial charge on any atom is -0.311 e. The maximum Gasteiger partial charge on any atom is 0.0520 e. The number of benzene rings is 17. The van der Waals surface area contributed by atoms with Crippen molar-refractivity contribution in [2.24, 2.45) is 0 Å². The quantitative estimate of drug-likeness (QED) is 0.0503. The first-order chi connectivity index (χ1) is 66.6. The molecule has 0 unspecified atom stereocenters. The SMILES string of the molecule is CCCCc1cc(C)c(N(c2ccc(N(c3ccc(N(c4ccc(C)cc4)c4ccc(N(c5ccc(N(c6ccc(C)cc6)c6ccc(N(c7ccc(N(c8c(C)cc(C)cc8C)c8c(C)cc(C)cc8C)cc7)c7c(C)cc(C)cc7C)cc6)cc5)c5ccc(N(c6c(C)cc(C)cc6C)c6c(C)cc(C)cc6C)cc5)cc4)cc3)c3c(C)cc(C)cc3C)cc2)c2c(C)cc(C)cc2C)c(C)c1. The first kappa shape index (κ1) is 95.8. The second kappa shape index (κ2) is 40.1. The van der Waals surface area contributed by atoms with Crippen LogP contribution in [0.1, 0.15) is 164 Å². The molecule has 0 bridgehead atoms. The van der Waals surface area contributed by atoms with Gasteiger partial charge in [-0.05, 0) is 475 Å². The van der Waals surface area contributed by atoms with Gasteiger partial charge < -0.3 is 39.2 Å². The zero-order valence-electron chi connectivity index (χ0n) is 86.7. The van der Waals surface area contributed by atoms with Crippen molar-refractivity contribution >= 4 is 136 Å². The van der Waals surface area contributed by atoms with Crippen LogP contribution >= 0.6 is 0 Å². The molecule has 0 aromatic heterocycles. The van der Waals surface area contributed by atoms with Crippen molar-refractivity contribution in [1.82, 2.24) is 0 Å². The van der Waals surface area contributed by atoms with Gasteiger partial charge in [0.25, 0.3) is 0 Å². The molecular weight excluding hydrogens is 1690 g/mol. The molecule has 0 spiro atoms. The second-order valence-electron chi connectivity index (χ2n) is 39.9. The van der Waals surface area contributed by atoms with E-state index in [1.54, 1.807) is 0 Å². The van der Waals surface area contributed by atoms with Crippen molar-refractivity contribution < 1.29 is 0 Å². The molecule has 0 N–H and O–H groups in total. The van der Waals surface area contributed by atoms with Crippen LogP contribution in [0.25, 0.3) is 0 Å². The molecular formula is C131H136N8. The molecule has 8 nitrogen and oxygen atoms in total. The van der Waals surface area contributed by atoms with E-state index in [4.69, 9.17) is 0 Å². The molecule has 8 heteroatoms. The fourth-order valence-electron chi connectivity index (χ4n) is 22.5. The Bertz CT molecular complexity index is 7020. The average molecular weight is 1820 g/mol. The van der Waals surface area contributed by atoms with Gasteiger partial charge in [-0.2, -0.15) is 0 Å². The normalized spacial score (nSPS) is 11.3. The molecule has 700 valence electrons. The van der Waals surface area contributed by atoms with E-state index >= 15 is 0 Å². The lowest BCUT2D eigenvalue weighted by Crippen LogP contribution is -2.17. The van der Waals surface area contributed by atoms with E-state index in [0.29, 0.717) is 0 Å². The Hall–Kier alpha value is -14.9. The summed E-state index contributed by atoms with van der Waals surface area (Å²) >= 11 is 0. The molecule has 0 radical (unpaired) electrons. The largest absolute Gasteiger partial charge is 0.311 e.